The number of amides is 1. The zero-order valence-electron chi connectivity index (χ0n) is 11.7. The number of carbonyl (C=O) groups is 2. The predicted octanol–water partition coefficient (Wildman–Crippen LogP) is 2.57. The molecular formula is C15H13ClN2O4. The maximum atomic E-state index is 11.8. The van der Waals surface area contributed by atoms with Gasteiger partial charge in [-0.05, 0) is 30.3 Å². The fourth-order valence-electron chi connectivity index (χ4n) is 1.69. The lowest BCUT2D eigenvalue weighted by molar-refractivity contribution is -0.118. The normalized spacial score (nSPS) is 9.91. The molecule has 114 valence electrons. The van der Waals surface area contributed by atoms with E-state index in [1.54, 1.807) is 24.3 Å². The number of anilines is 1. The highest BCUT2D eigenvalue weighted by atomic mass is 35.5. The van der Waals surface area contributed by atoms with E-state index in [2.05, 4.69) is 10.3 Å². The molecule has 0 bridgehead atoms. The molecule has 0 radical (unpaired) electrons. The molecule has 7 heteroatoms. The number of aromatic nitrogens is 1. The lowest BCUT2D eigenvalue weighted by Crippen LogP contribution is -2.20. The summed E-state index contributed by atoms with van der Waals surface area (Å²) in [6, 6.07) is 7.95. The number of benzene rings is 1. The van der Waals surface area contributed by atoms with Gasteiger partial charge in [0.2, 0.25) is 0 Å². The van der Waals surface area contributed by atoms with Crippen molar-refractivity contribution in [2.24, 2.45) is 0 Å². The van der Waals surface area contributed by atoms with E-state index in [1.165, 1.54) is 19.4 Å². The lowest BCUT2D eigenvalue weighted by Gasteiger charge is -2.11. The monoisotopic (exact) mass is 320 g/mol. The smallest absolute Gasteiger partial charge is 0.262 e. The van der Waals surface area contributed by atoms with E-state index in [4.69, 9.17) is 21.1 Å². The fraction of sp³-hybridized carbons (Fsp3) is 0.133. The number of aldehydes is 1. The average molecular weight is 321 g/mol. The summed E-state index contributed by atoms with van der Waals surface area (Å²) in [5.74, 6) is 0.341. The number of carbonyl (C=O) groups excluding carboxylic acids is 2. The van der Waals surface area contributed by atoms with Crippen molar-refractivity contribution in [3.63, 3.8) is 0 Å². The Balaban J connectivity index is 1.99. The highest BCUT2D eigenvalue weighted by Crippen LogP contribution is 2.27. The van der Waals surface area contributed by atoms with Crippen molar-refractivity contribution in [3.8, 4) is 11.5 Å². The molecule has 1 amide bonds. The summed E-state index contributed by atoms with van der Waals surface area (Å²) in [7, 11) is 1.45. The molecule has 1 aromatic carbocycles. The Labute approximate surface area is 132 Å². The topological polar surface area (TPSA) is 77.5 Å². The third-order valence-corrected chi connectivity index (χ3v) is 3.02. The van der Waals surface area contributed by atoms with Gasteiger partial charge in [0.25, 0.3) is 5.91 Å². The molecule has 2 rings (SSSR count). The largest absolute Gasteiger partial charge is 0.493 e. The molecule has 0 aliphatic heterocycles. The van der Waals surface area contributed by atoms with Gasteiger partial charge in [-0.25, -0.2) is 4.98 Å². The van der Waals surface area contributed by atoms with E-state index in [-0.39, 0.29) is 11.8 Å². The Kier molecular flexibility index (Phi) is 5.32. The van der Waals surface area contributed by atoms with Crippen LogP contribution in [0.25, 0.3) is 0 Å². The van der Waals surface area contributed by atoms with Gasteiger partial charge in [-0.3, -0.25) is 9.59 Å². The summed E-state index contributed by atoms with van der Waals surface area (Å²) < 4.78 is 10.5. The molecule has 2 aromatic rings. The Morgan fingerprint density at radius 1 is 1.36 bits per heavy atom. The molecule has 0 aliphatic carbocycles. The van der Waals surface area contributed by atoms with Crippen molar-refractivity contribution < 1.29 is 19.1 Å². The van der Waals surface area contributed by atoms with Crippen molar-refractivity contribution in [3.05, 3.63) is 47.2 Å². The summed E-state index contributed by atoms with van der Waals surface area (Å²) in [5, 5.41) is 2.78. The molecule has 0 saturated carbocycles. The van der Waals surface area contributed by atoms with Crippen LogP contribution in [0.2, 0.25) is 5.15 Å². The van der Waals surface area contributed by atoms with Crippen LogP contribution in [-0.4, -0.2) is 30.9 Å². The van der Waals surface area contributed by atoms with Crippen LogP contribution in [0.5, 0.6) is 11.5 Å². The fourth-order valence-corrected chi connectivity index (χ4v) is 1.85. The Morgan fingerprint density at radius 2 is 2.18 bits per heavy atom. The first kappa shape index (κ1) is 15.8. The van der Waals surface area contributed by atoms with Gasteiger partial charge < -0.3 is 14.8 Å². The van der Waals surface area contributed by atoms with Gasteiger partial charge in [0.1, 0.15) is 6.29 Å². The molecule has 0 atom stereocenters. The predicted molar refractivity (Wildman–Crippen MR) is 81.8 cm³/mol. The van der Waals surface area contributed by atoms with Crippen LogP contribution in [0.1, 0.15) is 10.4 Å². The van der Waals surface area contributed by atoms with E-state index in [9.17, 15) is 9.59 Å². The first-order chi connectivity index (χ1) is 10.6. The minimum absolute atomic E-state index is 0.198. The second-order valence-electron chi connectivity index (χ2n) is 4.21. The van der Waals surface area contributed by atoms with Crippen molar-refractivity contribution >= 4 is 29.5 Å². The maximum Gasteiger partial charge on any atom is 0.262 e. The molecule has 22 heavy (non-hydrogen) atoms. The number of halogens is 1. The summed E-state index contributed by atoms with van der Waals surface area (Å²) in [4.78, 5) is 26.4. The van der Waals surface area contributed by atoms with E-state index >= 15 is 0 Å². The van der Waals surface area contributed by atoms with Crippen LogP contribution in [0.15, 0.2) is 36.5 Å². The number of methoxy groups -OCH3 is 1. The van der Waals surface area contributed by atoms with E-state index < -0.39 is 5.91 Å². The molecule has 0 aliphatic rings. The summed E-state index contributed by atoms with van der Waals surface area (Å²) >= 11 is 5.85. The van der Waals surface area contributed by atoms with Gasteiger partial charge in [-0.1, -0.05) is 11.6 Å². The van der Waals surface area contributed by atoms with Gasteiger partial charge in [0, 0.05) is 11.8 Å². The van der Waals surface area contributed by atoms with Gasteiger partial charge in [-0.2, -0.15) is 0 Å². The molecule has 6 nitrogen and oxygen atoms in total. The summed E-state index contributed by atoms with van der Waals surface area (Å²) in [6.07, 6.45) is 2.22. The van der Waals surface area contributed by atoms with Crippen LogP contribution in [0, 0.1) is 0 Å². The maximum absolute atomic E-state index is 11.8. The van der Waals surface area contributed by atoms with Crippen LogP contribution in [-0.2, 0) is 4.79 Å². The SMILES string of the molecule is COc1cc(C=O)ccc1OCC(=O)Nc1cccnc1Cl. The van der Waals surface area contributed by atoms with Crippen molar-refractivity contribution in [2.75, 3.05) is 19.0 Å². The first-order valence-corrected chi connectivity index (χ1v) is 6.68. The number of ether oxygens (including phenoxy) is 2. The lowest BCUT2D eigenvalue weighted by atomic mass is 10.2. The first-order valence-electron chi connectivity index (χ1n) is 6.30. The Hall–Kier alpha value is -2.60. The number of pyridine rings is 1. The van der Waals surface area contributed by atoms with Crippen LogP contribution < -0.4 is 14.8 Å². The Morgan fingerprint density at radius 3 is 2.86 bits per heavy atom. The third-order valence-electron chi connectivity index (χ3n) is 2.72. The quantitative estimate of drug-likeness (QED) is 0.654. The standard InChI is InChI=1S/C15H13ClN2O4/c1-21-13-7-10(8-19)4-5-12(13)22-9-14(20)18-11-3-2-6-17-15(11)16/h2-8H,9H2,1H3,(H,18,20). The molecule has 0 fully saturated rings. The number of nitrogens with zero attached hydrogens (tertiary/aromatic N) is 1. The van der Waals surface area contributed by atoms with Gasteiger partial charge in [0.15, 0.2) is 23.3 Å². The molecule has 1 N–H and O–H groups in total. The minimum Gasteiger partial charge on any atom is -0.493 e. The van der Waals surface area contributed by atoms with Crippen molar-refractivity contribution in [1.82, 2.24) is 4.98 Å². The molecule has 0 saturated heterocycles. The van der Waals surface area contributed by atoms with Crippen LogP contribution in [0.3, 0.4) is 0 Å². The zero-order valence-corrected chi connectivity index (χ0v) is 12.5. The minimum atomic E-state index is -0.392. The van der Waals surface area contributed by atoms with Crippen molar-refractivity contribution in [2.45, 2.75) is 0 Å². The van der Waals surface area contributed by atoms with E-state index in [0.717, 1.165) is 0 Å². The molecule has 0 spiro atoms. The molecular weight excluding hydrogens is 308 g/mol. The third kappa shape index (κ3) is 3.95. The molecule has 1 heterocycles. The van der Waals surface area contributed by atoms with Gasteiger partial charge in [0.05, 0.1) is 12.8 Å². The van der Waals surface area contributed by atoms with E-state index in [1.807, 2.05) is 0 Å². The molecule has 1 aromatic heterocycles. The number of hydrogen-bond donors (Lipinski definition) is 1. The van der Waals surface area contributed by atoms with E-state index in [0.29, 0.717) is 29.0 Å². The number of hydrogen-bond acceptors (Lipinski definition) is 5. The number of nitrogens with one attached hydrogen (secondary N) is 1. The second kappa shape index (κ2) is 7.42. The highest BCUT2D eigenvalue weighted by Gasteiger charge is 2.10. The highest BCUT2D eigenvalue weighted by molar-refractivity contribution is 6.32. The van der Waals surface area contributed by atoms with Crippen molar-refractivity contribution in [1.29, 1.82) is 0 Å². The summed E-state index contributed by atoms with van der Waals surface area (Å²) in [6.45, 7) is -0.234. The Bertz CT molecular complexity index is 691. The zero-order chi connectivity index (χ0) is 15.9. The summed E-state index contributed by atoms with van der Waals surface area (Å²) in [5.41, 5.74) is 0.858. The van der Waals surface area contributed by atoms with Crippen LogP contribution in [0.4, 0.5) is 5.69 Å². The second-order valence-corrected chi connectivity index (χ2v) is 4.56. The average Bonchev–Trinajstić information content (AvgIpc) is 2.55. The van der Waals surface area contributed by atoms with Crippen LogP contribution >= 0.6 is 11.6 Å². The van der Waals surface area contributed by atoms with Gasteiger partial charge in [-0.15, -0.1) is 0 Å². The number of rotatable bonds is 6. The van der Waals surface area contributed by atoms with Gasteiger partial charge >= 0.3 is 0 Å². The molecule has 0 unspecified atom stereocenters.